The van der Waals surface area contributed by atoms with Crippen molar-refractivity contribution in [2.24, 2.45) is 0 Å². The Morgan fingerprint density at radius 3 is 2.40 bits per heavy atom. The van der Waals surface area contributed by atoms with Crippen molar-refractivity contribution in [1.29, 1.82) is 0 Å². The number of carbonyl (C=O) groups excluding carboxylic acids is 1. The SMILES string of the molecule is Cc1ccc(CCC(=O)N2CCN(CCBr)CC2)cc1. The van der Waals surface area contributed by atoms with E-state index in [1.165, 1.54) is 11.1 Å². The summed E-state index contributed by atoms with van der Waals surface area (Å²) < 4.78 is 0. The number of halogens is 1. The van der Waals surface area contributed by atoms with Gasteiger partial charge >= 0.3 is 0 Å². The van der Waals surface area contributed by atoms with E-state index in [4.69, 9.17) is 0 Å². The Kier molecular flexibility index (Phi) is 6.05. The van der Waals surface area contributed by atoms with Crippen molar-refractivity contribution in [1.82, 2.24) is 9.80 Å². The molecule has 0 aromatic heterocycles. The second kappa shape index (κ2) is 7.79. The summed E-state index contributed by atoms with van der Waals surface area (Å²) in [5, 5.41) is 1.01. The number of carbonyl (C=O) groups is 1. The normalized spacial score (nSPS) is 16.4. The van der Waals surface area contributed by atoms with E-state index in [2.05, 4.69) is 52.0 Å². The molecule has 1 saturated heterocycles. The van der Waals surface area contributed by atoms with Gasteiger partial charge in [-0.2, -0.15) is 0 Å². The first-order valence-corrected chi connectivity index (χ1v) is 8.43. The maximum atomic E-state index is 12.2. The van der Waals surface area contributed by atoms with Crippen LogP contribution in [0.4, 0.5) is 0 Å². The van der Waals surface area contributed by atoms with Gasteiger partial charge in [-0.05, 0) is 18.9 Å². The Balaban J connectivity index is 1.74. The first kappa shape index (κ1) is 15.5. The molecular formula is C16H23BrN2O. The molecule has 110 valence electrons. The maximum absolute atomic E-state index is 12.2. The van der Waals surface area contributed by atoms with Gasteiger partial charge in [0, 0.05) is 44.5 Å². The molecule has 0 radical (unpaired) electrons. The summed E-state index contributed by atoms with van der Waals surface area (Å²) in [7, 11) is 0. The third-order valence-corrected chi connectivity index (χ3v) is 4.23. The molecule has 1 aliphatic rings. The van der Waals surface area contributed by atoms with Crippen LogP contribution in [0.3, 0.4) is 0 Å². The lowest BCUT2D eigenvalue weighted by Crippen LogP contribution is -2.49. The minimum absolute atomic E-state index is 0.295. The van der Waals surface area contributed by atoms with Crippen molar-refractivity contribution < 1.29 is 4.79 Å². The zero-order chi connectivity index (χ0) is 14.4. The van der Waals surface area contributed by atoms with Crippen LogP contribution in [-0.2, 0) is 11.2 Å². The lowest BCUT2D eigenvalue weighted by Gasteiger charge is -2.34. The number of nitrogens with zero attached hydrogens (tertiary/aromatic N) is 2. The van der Waals surface area contributed by atoms with Crippen molar-refractivity contribution in [2.45, 2.75) is 19.8 Å². The summed E-state index contributed by atoms with van der Waals surface area (Å²) in [6, 6.07) is 8.46. The van der Waals surface area contributed by atoms with Crippen molar-refractivity contribution in [3.8, 4) is 0 Å². The van der Waals surface area contributed by atoms with Crippen LogP contribution < -0.4 is 0 Å². The van der Waals surface area contributed by atoms with Crippen molar-refractivity contribution >= 4 is 21.8 Å². The topological polar surface area (TPSA) is 23.6 Å². The van der Waals surface area contributed by atoms with Gasteiger partial charge in [-0.25, -0.2) is 0 Å². The van der Waals surface area contributed by atoms with Gasteiger partial charge in [-0.3, -0.25) is 9.69 Å². The molecule has 1 aromatic carbocycles. The Morgan fingerprint density at radius 1 is 1.15 bits per heavy atom. The molecule has 1 aliphatic heterocycles. The number of alkyl halides is 1. The van der Waals surface area contributed by atoms with Crippen LogP contribution in [0, 0.1) is 6.92 Å². The molecule has 0 unspecified atom stereocenters. The number of hydrogen-bond donors (Lipinski definition) is 0. The highest BCUT2D eigenvalue weighted by Crippen LogP contribution is 2.09. The maximum Gasteiger partial charge on any atom is 0.222 e. The van der Waals surface area contributed by atoms with E-state index in [0.29, 0.717) is 12.3 Å². The summed E-state index contributed by atoms with van der Waals surface area (Å²) in [6.07, 6.45) is 1.47. The third kappa shape index (κ3) is 4.60. The van der Waals surface area contributed by atoms with Crippen LogP contribution in [-0.4, -0.2) is 53.8 Å². The largest absolute Gasteiger partial charge is 0.340 e. The number of aryl methyl sites for hydroxylation is 2. The highest BCUT2D eigenvalue weighted by Gasteiger charge is 2.20. The molecule has 2 rings (SSSR count). The molecular weight excluding hydrogens is 316 g/mol. The van der Waals surface area contributed by atoms with Crippen LogP contribution in [0.2, 0.25) is 0 Å². The van der Waals surface area contributed by atoms with Gasteiger partial charge in [-0.15, -0.1) is 0 Å². The number of hydrogen-bond acceptors (Lipinski definition) is 2. The lowest BCUT2D eigenvalue weighted by atomic mass is 10.1. The molecule has 1 aromatic rings. The zero-order valence-electron chi connectivity index (χ0n) is 12.1. The van der Waals surface area contributed by atoms with Crippen molar-refractivity contribution in [3.63, 3.8) is 0 Å². The Bertz CT molecular complexity index is 425. The zero-order valence-corrected chi connectivity index (χ0v) is 13.7. The monoisotopic (exact) mass is 338 g/mol. The third-order valence-electron chi connectivity index (χ3n) is 3.87. The van der Waals surface area contributed by atoms with E-state index in [1.807, 2.05) is 4.90 Å². The summed E-state index contributed by atoms with van der Waals surface area (Å²) in [5.74, 6) is 0.295. The molecule has 0 atom stereocenters. The molecule has 0 spiro atoms. The van der Waals surface area contributed by atoms with E-state index in [0.717, 1.165) is 44.5 Å². The van der Waals surface area contributed by atoms with Gasteiger partial charge in [0.25, 0.3) is 0 Å². The van der Waals surface area contributed by atoms with Crippen LogP contribution in [0.25, 0.3) is 0 Å². The fourth-order valence-electron chi connectivity index (χ4n) is 2.50. The second-order valence-electron chi connectivity index (χ2n) is 5.40. The summed E-state index contributed by atoms with van der Waals surface area (Å²) in [5.41, 5.74) is 2.52. The van der Waals surface area contributed by atoms with E-state index in [-0.39, 0.29) is 0 Å². The van der Waals surface area contributed by atoms with Crippen LogP contribution >= 0.6 is 15.9 Å². The van der Waals surface area contributed by atoms with Gasteiger partial charge < -0.3 is 4.90 Å². The number of amides is 1. The Hall–Kier alpha value is -0.870. The molecule has 1 fully saturated rings. The van der Waals surface area contributed by atoms with Crippen LogP contribution in [0.15, 0.2) is 24.3 Å². The van der Waals surface area contributed by atoms with E-state index in [9.17, 15) is 4.79 Å². The first-order chi connectivity index (χ1) is 9.69. The average Bonchev–Trinajstić information content (AvgIpc) is 2.47. The Morgan fingerprint density at radius 2 is 1.80 bits per heavy atom. The quantitative estimate of drug-likeness (QED) is 0.770. The average molecular weight is 339 g/mol. The minimum Gasteiger partial charge on any atom is -0.340 e. The van der Waals surface area contributed by atoms with E-state index >= 15 is 0 Å². The molecule has 0 saturated carbocycles. The fraction of sp³-hybridized carbons (Fsp3) is 0.562. The van der Waals surface area contributed by atoms with E-state index < -0.39 is 0 Å². The van der Waals surface area contributed by atoms with Crippen LogP contribution in [0.5, 0.6) is 0 Å². The Labute approximate surface area is 130 Å². The van der Waals surface area contributed by atoms with Crippen molar-refractivity contribution in [2.75, 3.05) is 38.1 Å². The first-order valence-electron chi connectivity index (χ1n) is 7.30. The van der Waals surface area contributed by atoms with Crippen LogP contribution in [0.1, 0.15) is 17.5 Å². The summed E-state index contributed by atoms with van der Waals surface area (Å²) >= 11 is 3.46. The van der Waals surface area contributed by atoms with Gasteiger partial charge in [0.2, 0.25) is 5.91 Å². The molecule has 0 N–H and O–H groups in total. The van der Waals surface area contributed by atoms with Gasteiger partial charge in [-0.1, -0.05) is 45.8 Å². The number of benzene rings is 1. The summed E-state index contributed by atoms with van der Waals surface area (Å²) in [4.78, 5) is 16.6. The lowest BCUT2D eigenvalue weighted by molar-refractivity contribution is -0.132. The number of rotatable bonds is 5. The van der Waals surface area contributed by atoms with Gasteiger partial charge in [0.05, 0.1) is 0 Å². The fourth-order valence-corrected chi connectivity index (χ4v) is 3.01. The highest BCUT2D eigenvalue weighted by molar-refractivity contribution is 9.09. The smallest absolute Gasteiger partial charge is 0.222 e. The predicted octanol–water partition coefficient (Wildman–Crippen LogP) is 2.47. The molecule has 1 heterocycles. The molecule has 20 heavy (non-hydrogen) atoms. The molecule has 0 aliphatic carbocycles. The molecule has 3 nitrogen and oxygen atoms in total. The molecule has 4 heteroatoms. The molecule has 0 bridgehead atoms. The second-order valence-corrected chi connectivity index (χ2v) is 6.19. The highest BCUT2D eigenvalue weighted by atomic mass is 79.9. The number of piperazine rings is 1. The van der Waals surface area contributed by atoms with Crippen molar-refractivity contribution in [3.05, 3.63) is 35.4 Å². The van der Waals surface area contributed by atoms with E-state index in [1.54, 1.807) is 0 Å². The molecule has 1 amide bonds. The predicted molar refractivity (Wildman–Crippen MR) is 86.3 cm³/mol. The van der Waals surface area contributed by atoms with Gasteiger partial charge in [0.15, 0.2) is 0 Å². The standard InChI is InChI=1S/C16H23BrN2O/c1-14-2-4-15(5-3-14)6-7-16(20)19-12-10-18(9-8-17)11-13-19/h2-5H,6-13H2,1H3. The minimum atomic E-state index is 0.295. The summed E-state index contributed by atoms with van der Waals surface area (Å²) in [6.45, 7) is 6.91. The van der Waals surface area contributed by atoms with Gasteiger partial charge in [0.1, 0.15) is 0 Å².